The van der Waals surface area contributed by atoms with Gasteiger partial charge in [0.25, 0.3) is 0 Å². The first-order valence-corrected chi connectivity index (χ1v) is 6.31. The van der Waals surface area contributed by atoms with Crippen molar-refractivity contribution in [3.05, 3.63) is 29.8 Å². The molecule has 0 heterocycles. The van der Waals surface area contributed by atoms with Crippen LogP contribution in [0.15, 0.2) is 24.3 Å². The highest BCUT2D eigenvalue weighted by Gasteiger charge is 2.30. The van der Waals surface area contributed by atoms with Crippen LogP contribution in [0.2, 0.25) is 0 Å². The Hall–Kier alpha value is -1.19. The third-order valence-electron chi connectivity index (χ3n) is 2.40. The maximum atomic E-state index is 12.3. The fourth-order valence-electron chi connectivity index (χ4n) is 1.37. The minimum absolute atomic E-state index is 0.0664. The standard InChI is InChI=1S/C12H15F3O.C2H6/c1-3-10(4-2)16-11-7-5-9(6-8-11)12(13,14)15;1-2/h5-8,10H,3-4H2,1-2H3;1-2H3. The van der Waals surface area contributed by atoms with Crippen LogP contribution in [-0.4, -0.2) is 6.10 Å². The molecule has 1 rings (SSSR count). The number of alkyl halides is 3. The Morgan fingerprint density at radius 2 is 1.44 bits per heavy atom. The van der Waals surface area contributed by atoms with E-state index >= 15 is 0 Å². The molecule has 0 radical (unpaired) electrons. The average molecular weight is 262 g/mol. The van der Waals surface area contributed by atoms with Crippen LogP contribution in [0.1, 0.15) is 46.1 Å². The monoisotopic (exact) mass is 262 g/mol. The summed E-state index contributed by atoms with van der Waals surface area (Å²) in [5.74, 6) is 0.488. The Kier molecular flexibility index (Phi) is 7.48. The molecule has 0 fully saturated rings. The van der Waals surface area contributed by atoms with Crippen LogP contribution in [0, 0.1) is 0 Å². The lowest BCUT2D eigenvalue weighted by molar-refractivity contribution is -0.137. The molecular weight excluding hydrogens is 241 g/mol. The van der Waals surface area contributed by atoms with E-state index in [1.54, 1.807) is 0 Å². The van der Waals surface area contributed by atoms with E-state index in [0.717, 1.165) is 25.0 Å². The number of halogens is 3. The van der Waals surface area contributed by atoms with Gasteiger partial charge in [-0.25, -0.2) is 0 Å². The summed E-state index contributed by atoms with van der Waals surface area (Å²) in [6, 6.07) is 4.80. The molecule has 104 valence electrons. The second kappa shape index (κ2) is 8.01. The first kappa shape index (κ1) is 16.8. The second-order valence-electron chi connectivity index (χ2n) is 3.58. The maximum absolute atomic E-state index is 12.3. The van der Waals surface area contributed by atoms with E-state index in [-0.39, 0.29) is 6.10 Å². The van der Waals surface area contributed by atoms with Gasteiger partial charge in [0, 0.05) is 0 Å². The van der Waals surface area contributed by atoms with Gasteiger partial charge < -0.3 is 4.74 Å². The predicted octanol–water partition coefficient (Wildman–Crippen LogP) is 5.30. The minimum Gasteiger partial charge on any atom is -0.490 e. The number of hydrogen-bond acceptors (Lipinski definition) is 1. The van der Waals surface area contributed by atoms with Crippen molar-refractivity contribution in [2.75, 3.05) is 0 Å². The highest BCUT2D eigenvalue weighted by atomic mass is 19.4. The first-order valence-electron chi connectivity index (χ1n) is 6.31. The number of benzene rings is 1. The van der Waals surface area contributed by atoms with Crippen molar-refractivity contribution in [3.63, 3.8) is 0 Å². The van der Waals surface area contributed by atoms with Gasteiger partial charge in [0.1, 0.15) is 5.75 Å². The van der Waals surface area contributed by atoms with Crippen LogP contribution in [0.3, 0.4) is 0 Å². The van der Waals surface area contributed by atoms with Crippen molar-refractivity contribution >= 4 is 0 Å². The molecule has 0 aliphatic carbocycles. The molecule has 0 N–H and O–H groups in total. The molecule has 0 saturated carbocycles. The summed E-state index contributed by atoms with van der Waals surface area (Å²) in [7, 11) is 0. The molecule has 4 heteroatoms. The molecule has 0 spiro atoms. The summed E-state index contributed by atoms with van der Waals surface area (Å²) in [6.07, 6.45) is -2.53. The zero-order chi connectivity index (χ0) is 14.2. The topological polar surface area (TPSA) is 9.23 Å². The Morgan fingerprint density at radius 1 is 1.00 bits per heavy atom. The predicted molar refractivity (Wildman–Crippen MR) is 67.8 cm³/mol. The maximum Gasteiger partial charge on any atom is 0.416 e. The van der Waals surface area contributed by atoms with Gasteiger partial charge in [-0.2, -0.15) is 13.2 Å². The van der Waals surface area contributed by atoms with E-state index in [1.165, 1.54) is 12.1 Å². The van der Waals surface area contributed by atoms with Gasteiger partial charge in [0.2, 0.25) is 0 Å². The van der Waals surface area contributed by atoms with E-state index in [2.05, 4.69) is 0 Å². The highest BCUT2D eigenvalue weighted by Crippen LogP contribution is 2.30. The summed E-state index contributed by atoms with van der Waals surface area (Å²) in [6.45, 7) is 7.97. The SMILES string of the molecule is CC.CCC(CC)Oc1ccc(C(F)(F)F)cc1. The zero-order valence-electron chi connectivity index (χ0n) is 11.3. The van der Waals surface area contributed by atoms with Crippen molar-refractivity contribution in [1.29, 1.82) is 0 Å². The molecule has 1 aromatic rings. The Bertz CT molecular complexity index is 313. The third kappa shape index (κ3) is 5.43. The van der Waals surface area contributed by atoms with Crippen LogP contribution in [-0.2, 0) is 6.18 Å². The average Bonchev–Trinajstić information content (AvgIpc) is 2.38. The highest BCUT2D eigenvalue weighted by molar-refractivity contribution is 5.28. The lowest BCUT2D eigenvalue weighted by Gasteiger charge is -2.16. The molecule has 0 aromatic heterocycles. The van der Waals surface area contributed by atoms with Gasteiger partial charge in [-0.15, -0.1) is 0 Å². The molecule has 0 amide bonds. The quantitative estimate of drug-likeness (QED) is 0.715. The Balaban J connectivity index is 0.00000137. The van der Waals surface area contributed by atoms with E-state index in [9.17, 15) is 13.2 Å². The van der Waals surface area contributed by atoms with Crippen molar-refractivity contribution < 1.29 is 17.9 Å². The lowest BCUT2D eigenvalue weighted by Crippen LogP contribution is -2.13. The van der Waals surface area contributed by atoms with E-state index in [4.69, 9.17) is 4.74 Å². The van der Waals surface area contributed by atoms with Crippen LogP contribution >= 0.6 is 0 Å². The molecule has 0 bridgehead atoms. The largest absolute Gasteiger partial charge is 0.490 e. The number of ether oxygens (including phenoxy) is 1. The summed E-state index contributed by atoms with van der Waals surface area (Å²) < 4.78 is 42.3. The molecule has 1 nitrogen and oxygen atoms in total. The van der Waals surface area contributed by atoms with Gasteiger partial charge in [-0.3, -0.25) is 0 Å². The van der Waals surface area contributed by atoms with Crippen molar-refractivity contribution in [2.45, 2.75) is 52.8 Å². The summed E-state index contributed by atoms with van der Waals surface area (Å²) in [4.78, 5) is 0. The normalized spacial score (nSPS) is 10.9. The summed E-state index contributed by atoms with van der Waals surface area (Å²) in [5.41, 5.74) is -0.649. The molecule has 0 saturated heterocycles. The van der Waals surface area contributed by atoms with Gasteiger partial charge in [0.05, 0.1) is 11.7 Å². The minimum atomic E-state index is -4.28. The molecule has 1 aromatic carbocycles. The molecule has 0 unspecified atom stereocenters. The van der Waals surface area contributed by atoms with Gasteiger partial charge in [0.15, 0.2) is 0 Å². The Morgan fingerprint density at radius 3 is 1.78 bits per heavy atom. The molecule has 0 aliphatic heterocycles. The zero-order valence-corrected chi connectivity index (χ0v) is 11.3. The van der Waals surface area contributed by atoms with Gasteiger partial charge >= 0.3 is 6.18 Å². The van der Waals surface area contributed by atoms with Crippen LogP contribution < -0.4 is 4.74 Å². The fourth-order valence-corrected chi connectivity index (χ4v) is 1.37. The van der Waals surface area contributed by atoms with Crippen molar-refractivity contribution in [1.82, 2.24) is 0 Å². The van der Waals surface area contributed by atoms with Crippen LogP contribution in [0.5, 0.6) is 5.75 Å². The molecular formula is C14H21F3O. The first-order chi connectivity index (χ1) is 8.47. The van der Waals surface area contributed by atoms with Crippen LogP contribution in [0.4, 0.5) is 13.2 Å². The molecule has 0 atom stereocenters. The second-order valence-corrected chi connectivity index (χ2v) is 3.58. The van der Waals surface area contributed by atoms with E-state index in [1.807, 2.05) is 27.7 Å². The van der Waals surface area contributed by atoms with Gasteiger partial charge in [-0.05, 0) is 37.1 Å². The van der Waals surface area contributed by atoms with E-state index in [0.29, 0.717) is 5.75 Å². The van der Waals surface area contributed by atoms with Crippen molar-refractivity contribution in [2.24, 2.45) is 0 Å². The Labute approximate surface area is 107 Å². The number of rotatable bonds is 4. The van der Waals surface area contributed by atoms with Crippen molar-refractivity contribution in [3.8, 4) is 5.75 Å². The summed E-state index contributed by atoms with van der Waals surface area (Å²) in [5, 5.41) is 0. The summed E-state index contributed by atoms with van der Waals surface area (Å²) >= 11 is 0. The smallest absolute Gasteiger partial charge is 0.416 e. The van der Waals surface area contributed by atoms with E-state index < -0.39 is 11.7 Å². The van der Waals surface area contributed by atoms with Gasteiger partial charge in [-0.1, -0.05) is 27.7 Å². The lowest BCUT2D eigenvalue weighted by atomic mass is 10.2. The molecule has 18 heavy (non-hydrogen) atoms. The number of hydrogen-bond donors (Lipinski definition) is 0. The fraction of sp³-hybridized carbons (Fsp3) is 0.571. The third-order valence-corrected chi connectivity index (χ3v) is 2.40. The molecule has 0 aliphatic rings. The van der Waals surface area contributed by atoms with Crippen LogP contribution in [0.25, 0.3) is 0 Å².